The topological polar surface area (TPSA) is 53.1 Å². The maximum Gasteiger partial charge on any atom is 0.154 e. The average Bonchev–Trinajstić information content (AvgIpc) is 2.92. The van der Waals surface area contributed by atoms with Gasteiger partial charge in [-0.05, 0) is 43.7 Å². The van der Waals surface area contributed by atoms with Crippen LogP contribution in [-0.2, 0) is 0 Å². The summed E-state index contributed by atoms with van der Waals surface area (Å²) in [4.78, 5) is 7.75. The van der Waals surface area contributed by atoms with Crippen LogP contribution in [0.3, 0.4) is 0 Å². The number of nitrogens with one attached hydrogen (secondary N) is 2. The first kappa shape index (κ1) is 13.6. The van der Waals surface area contributed by atoms with Crippen LogP contribution in [0.25, 0.3) is 11.0 Å². The fraction of sp³-hybridized carbons (Fsp3) is 0.125. The molecule has 3 aromatic rings. The Bertz CT molecular complexity index is 787. The van der Waals surface area contributed by atoms with Crippen molar-refractivity contribution in [2.75, 3.05) is 5.43 Å². The van der Waals surface area contributed by atoms with Crippen molar-refractivity contribution in [3.63, 3.8) is 0 Å². The fourth-order valence-corrected chi connectivity index (χ4v) is 2.17. The van der Waals surface area contributed by atoms with Crippen molar-refractivity contribution in [1.29, 1.82) is 0 Å². The van der Waals surface area contributed by atoms with Crippen LogP contribution in [0.5, 0.6) is 0 Å². The van der Waals surface area contributed by atoms with Gasteiger partial charge < -0.3 is 4.98 Å². The Morgan fingerprint density at radius 3 is 2.81 bits per heavy atom. The number of benzene rings is 2. The van der Waals surface area contributed by atoms with Gasteiger partial charge in [0.2, 0.25) is 0 Å². The Kier molecular flexibility index (Phi) is 3.62. The van der Waals surface area contributed by atoms with Crippen LogP contribution in [0.2, 0.25) is 5.02 Å². The first-order valence-electron chi connectivity index (χ1n) is 6.65. The van der Waals surface area contributed by atoms with Gasteiger partial charge in [0.15, 0.2) is 5.82 Å². The number of anilines is 1. The number of hydrogen-bond donors (Lipinski definition) is 2. The smallest absolute Gasteiger partial charge is 0.154 e. The molecule has 0 radical (unpaired) electrons. The van der Waals surface area contributed by atoms with Gasteiger partial charge >= 0.3 is 0 Å². The molecule has 5 heteroatoms. The summed E-state index contributed by atoms with van der Waals surface area (Å²) >= 11 is 6.09. The van der Waals surface area contributed by atoms with Crippen LogP contribution in [0.1, 0.15) is 18.3 Å². The van der Waals surface area contributed by atoms with E-state index in [0.717, 1.165) is 38.8 Å². The maximum atomic E-state index is 6.09. The molecule has 1 heterocycles. The fourth-order valence-electron chi connectivity index (χ4n) is 1.99. The maximum absolute atomic E-state index is 6.09. The number of H-pyrrole nitrogens is 1. The third-order valence-electron chi connectivity index (χ3n) is 3.26. The number of hydrazone groups is 1. The molecular weight excluding hydrogens is 284 g/mol. The first-order chi connectivity index (χ1) is 10.1. The molecule has 0 atom stereocenters. The summed E-state index contributed by atoms with van der Waals surface area (Å²) in [6, 6.07) is 13.6. The Hall–Kier alpha value is -2.33. The van der Waals surface area contributed by atoms with Gasteiger partial charge in [-0.25, -0.2) is 4.98 Å². The molecule has 2 aromatic carbocycles. The number of aryl methyl sites for hydroxylation is 1. The van der Waals surface area contributed by atoms with Gasteiger partial charge in [-0.1, -0.05) is 29.8 Å². The van der Waals surface area contributed by atoms with Gasteiger partial charge in [-0.3, -0.25) is 5.43 Å². The van der Waals surface area contributed by atoms with Crippen LogP contribution in [0, 0.1) is 6.92 Å². The molecule has 21 heavy (non-hydrogen) atoms. The Balaban J connectivity index is 1.83. The van der Waals surface area contributed by atoms with E-state index in [1.54, 1.807) is 0 Å². The highest BCUT2D eigenvalue weighted by Gasteiger charge is 2.05. The molecule has 4 nitrogen and oxygen atoms in total. The lowest BCUT2D eigenvalue weighted by Gasteiger charge is -2.04. The summed E-state index contributed by atoms with van der Waals surface area (Å²) in [5, 5.41) is 5.06. The van der Waals surface area contributed by atoms with Gasteiger partial charge in [0.1, 0.15) is 5.71 Å². The Morgan fingerprint density at radius 1 is 1.24 bits per heavy atom. The minimum absolute atomic E-state index is 0.719. The number of aromatic amines is 1. The quantitative estimate of drug-likeness (QED) is 0.557. The molecule has 0 saturated carbocycles. The number of aromatic nitrogens is 2. The molecule has 2 N–H and O–H groups in total. The largest absolute Gasteiger partial charge is 0.337 e. The van der Waals surface area contributed by atoms with Crippen molar-refractivity contribution >= 4 is 34.0 Å². The third-order valence-corrected chi connectivity index (χ3v) is 3.66. The molecule has 0 aliphatic rings. The van der Waals surface area contributed by atoms with Crippen LogP contribution in [0.15, 0.2) is 47.6 Å². The van der Waals surface area contributed by atoms with Crippen molar-refractivity contribution < 1.29 is 0 Å². The number of para-hydroxylation sites is 2. The molecular formula is C16H15ClN4. The second-order valence-corrected chi connectivity index (χ2v) is 5.28. The van der Waals surface area contributed by atoms with Crippen molar-refractivity contribution in [2.24, 2.45) is 5.10 Å². The molecule has 0 saturated heterocycles. The molecule has 0 unspecified atom stereocenters. The average molecular weight is 299 g/mol. The van der Waals surface area contributed by atoms with Gasteiger partial charge in [-0.2, -0.15) is 5.10 Å². The second kappa shape index (κ2) is 5.58. The van der Waals surface area contributed by atoms with E-state index in [-0.39, 0.29) is 0 Å². The van der Waals surface area contributed by atoms with Gasteiger partial charge in [0, 0.05) is 5.02 Å². The van der Waals surface area contributed by atoms with Crippen LogP contribution >= 0.6 is 11.6 Å². The van der Waals surface area contributed by atoms with Gasteiger partial charge in [-0.15, -0.1) is 0 Å². The van der Waals surface area contributed by atoms with E-state index >= 15 is 0 Å². The SMILES string of the molecule is C/C(=N\Nc1ccc(C)c(Cl)c1)c1nc2ccccc2[nH]1. The highest BCUT2D eigenvalue weighted by Crippen LogP contribution is 2.20. The van der Waals surface area contributed by atoms with Crippen LogP contribution in [0.4, 0.5) is 5.69 Å². The number of imidazole rings is 1. The summed E-state index contributed by atoms with van der Waals surface area (Å²) in [5.41, 5.74) is 7.60. The molecule has 3 rings (SSSR count). The molecule has 0 fully saturated rings. The predicted molar refractivity (Wildman–Crippen MR) is 88.1 cm³/mol. The summed E-state index contributed by atoms with van der Waals surface area (Å²) in [6.07, 6.45) is 0. The van der Waals surface area contributed by atoms with E-state index in [1.165, 1.54) is 0 Å². The van der Waals surface area contributed by atoms with E-state index in [1.807, 2.05) is 56.3 Å². The highest BCUT2D eigenvalue weighted by molar-refractivity contribution is 6.31. The number of hydrogen-bond acceptors (Lipinski definition) is 3. The molecule has 1 aromatic heterocycles. The second-order valence-electron chi connectivity index (χ2n) is 4.88. The summed E-state index contributed by atoms with van der Waals surface area (Å²) in [5.74, 6) is 0.752. The summed E-state index contributed by atoms with van der Waals surface area (Å²) < 4.78 is 0. The molecule has 0 spiro atoms. The molecule has 0 aliphatic carbocycles. The van der Waals surface area contributed by atoms with Gasteiger partial charge in [0.25, 0.3) is 0 Å². The zero-order chi connectivity index (χ0) is 14.8. The molecule has 0 amide bonds. The van der Waals surface area contributed by atoms with Crippen LogP contribution < -0.4 is 5.43 Å². The molecule has 0 aliphatic heterocycles. The Labute approximate surface area is 127 Å². The van der Waals surface area contributed by atoms with Crippen LogP contribution in [-0.4, -0.2) is 15.7 Å². The van der Waals surface area contributed by atoms with E-state index in [2.05, 4.69) is 20.5 Å². The van der Waals surface area contributed by atoms with Crippen molar-refractivity contribution in [1.82, 2.24) is 9.97 Å². The van der Waals surface area contributed by atoms with Gasteiger partial charge in [0.05, 0.1) is 16.7 Å². The van der Waals surface area contributed by atoms with E-state index in [0.29, 0.717) is 0 Å². The number of fused-ring (bicyclic) bond motifs is 1. The van der Waals surface area contributed by atoms with Crippen molar-refractivity contribution in [3.8, 4) is 0 Å². The standard InChI is InChI=1S/C16H15ClN4/c1-10-7-8-12(9-13(10)17)21-20-11(2)16-18-14-5-3-4-6-15(14)19-16/h3-9,21H,1-2H3,(H,18,19)/b20-11+. The zero-order valence-electron chi connectivity index (χ0n) is 11.8. The number of halogens is 1. The number of nitrogens with zero attached hydrogens (tertiary/aromatic N) is 2. The van der Waals surface area contributed by atoms with E-state index in [4.69, 9.17) is 11.6 Å². The Morgan fingerprint density at radius 2 is 2.05 bits per heavy atom. The normalized spacial score (nSPS) is 11.9. The zero-order valence-corrected chi connectivity index (χ0v) is 12.6. The minimum Gasteiger partial charge on any atom is -0.337 e. The molecule has 106 valence electrons. The lowest BCUT2D eigenvalue weighted by molar-refractivity contribution is 1.23. The third kappa shape index (κ3) is 2.90. The summed E-state index contributed by atoms with van der Waals surface area (Å²) in [7, 11) is 0. The highest BCUT2D eigenvalue weighted by atomic mass is 35.5. The predicted octanol–water partition coefficient (Wildman–Crippen LogP) is 4.36. The monoisotopic (exact) mass is 298 g/mol. The lowest BCUT2D eigenvalue weighted by atomic mass is 10.2. The van der Waals surface area contributed by atoms with Crippen molar-refractivity contribution in [3.05, 3.63) is 58.9 Å². The summed E-state index contributed by atoms with van der Waals surface area (Å²) in [6.45, 7) is 3.87. The van der Waals surface area contributed by atoms with E-state index < -0.39 is 0 Å². The number of rotatable bonds is 3. The van der Waals surface area contributed by atoms with Crippen molar-refractivity contribution in [2.45, 2.75) is 13.8 Å². The van der Waals surface area contributed by atoms with E-state index in [9.17, 15) is 0 Å². The minimum atomic E-state index is 0.719. The first-order valence-corrected chi connectivity index (χ1v) is 7.03. The lowest BCUT2D eigenvalue weighted by Crippen LogP contribution is -2.01. The molecule has 0 bridgehead atoms.